The Kier molecular flexibility index (Phi) is 5.42. The zero-order valence-corrected chi connectivity index (χ0v) is 14.2. The van der Waals surface area contributed by atoms with Gasteiger partial charge >= 0.3 is 0 Å². The van der Waals surface area contributed by atoms with Crippen LogP contribution in [0.4, 0.5) is 5.69 Å². The number of carbonyl (C=O) groups is 1. The average Bonchev–Trinajstić information content (AvgIpc) is 2.95. The number of nitrogens with zero attached hydrogens (tertiary/aromatic N) is 2. The van der Waals surface area contributed by atoms with E-state index in [0.29, 0.717) is 12.3 Å². The second kappa shape index (κ2) is 7.09. The minimum absolute atomic E-state index is 0.0820. The largest absolute Gasteiger partial charge is 0.306 e. The molecule has 1 amide bonds. The Morgan fingerprint density at radius 3 is 2.76 bits per heavy atom. The summed E-state index contributed by atoms with van der Waals surface area (Å²) in [5.74, 6) is 0.594. The molecule has 2 rings (SSSR count). The van der Waals surface area contributed by atoms with Crippen LogP contribution in [0.3, 0.4) is 0 Å². The summed E-state index contributed by atoms with van der Waals surface area (Å²) in [6.45, 7) is 6.97. The van der Waals surface area contributed by atoms with Gasteiger partial charge in [-0.05, 0) is 34.5 Å². The Morgan fingerprint density at radius 1 is 1.38 bits per heavy atom. The summed E-state index contributed by atoms with van der Waals surface area (Å²) in [7, 11) is 0. The monoisotopic (exact) mass is 320 g/mol. The van der Waals surface area contributed by atoms with Crippen LogP contribution in [-0.4, -0.2) is 21.4 Å². The summed E-state index contributed by atoms with van der Waals surface area (Å²) in [6, 6.07) is 5.84. The van der Waals surface area contributed by atoms with Crippen molar-refractivity contribution in [2.24, 2.45) is 0 Å². The number of thiophene rings is 1. The molecule has 0 aromatic carbocycles. The molecule has 0 aliphatic carbocycles. The van der Waals surface area contributed by atoms with E-state index in [9.17, 15) is 4.79 Å². The molecule has 0 fully saturated rings. The first-order valence-electron chi connectivity index (χ1n) is 6.81. The molecule has 112 valence electrons. The summed E-state index contributed by atoms with van der Waals surface area (Å²) < 4.78 is 0.0820. The molecule has 0 N–H and O–H groups in total. The van der Waals surface area contributed by atoms with Gasteiger partial charge in [0.1, 0.15) is 0 Å². The number of carbonyl (C=O) groups excluding carboxylic acids is 1. The molecule has 0 atom stereocenters. The van der Waals surface area contributed by atoms with E-state index in [1.807, 2.05) is 22.4 Å². The summed E-state index contributed by atoms with van der Waals surface area (Å²) in [6.07, 6.45) is 3.46. The second-order valence-electron chi connectivity index (χ2n) is 5.72. The number of hydrogen-bond acceptors (Lipinski definition) is 4. The number of rotatable bonds is 5. The van der Waals surface area contributed by atoms with Gasteiger partial charge in [0.2, 0.25) is 5.91 Å². The molecule has 0 spiro atoms. The van der Waals surface area contributed by atoms with E-state index in [4.69, 9.17) is 0 Å². The molecule has 3 nitrogen and oxygen atoms in total. The molecule has 0 bridgehead atoms. The number of hydrogen-bond donors (Lipinski definition) is 0. The topological polar surface area (TPSA) is 33.2 Å². The molecule has 21 heavy (non-hydrogen) atoms. The molecule has 0 unspecified atom stereocenters. The second-order valence-corrected chi connectivity index (χ2v) is 8.31. The fourth-order valence-electron chi connectivity index (χ4n) is 1.76. The van der Waals surface area contributed by atoms with Crippen molar-refractivity contribution in [3.8, 4) is 0 Å². The van der Waals surface area contributed by atoms with Gasteiger partial charge in [0.15, 0.2) is 0 Å². The van der Waals surface area contributed by atoms with Crippen molar-refractivity contribution in [2.75, 3.05) is 10.7 Å². The lowest BCUT2D eigenvalue weighted by molar-refractivity contribution is -0.116. The zero-order chi connectivity index (χ0) is 15.3. The van der Waals surface area contributed by atoms with Crippen molar-refractivity contribution >= 4 is 34.7 Å². The Morgan fingerprint density at radius 2 is 2.19 bits per heavy atom. The number of aromatic nitrogens is 1. The van der Waals surface area contributed by atoms with Crippen molar-refractivity contribution in [2.45, 2.75) is 32.1 Å². The highest BCUT2D eigenvalue weighted by atomic mass is 32.2. The third-order valence-corrected chi connectivity index (χ3v) is 4.80. The molecule has 2 aromatic heterocycles. The number of thioether (sulfide) groups is 1. The summed E-state index contributed by atoms with van der Waals surface area (Å²) >= 11 is 3.32. The van der Waals surface area contributed by atoms with Crippen molar-refractivity contribution < 1.29 is 4.79 Å². The van der Waals surface area contributed by atoms with Gasteiger partial charge in [-0.15, -0.1) is 11.8 Å². The molecule has 5 heteroatoms. The van der Waals surface area contributed by atoms with Crippen LogP contribution < -0.4 is 4.90 Å². The van der Waals surface area contributed by atoms with Crippen molar-refractivity contribution in [1.29, 1.82) is 0 Å². The van der Waals surface area contributed by atoms with Gasteiger partial charge in [0.25, 0.3) is 0 Å². The van der Waals surface area contributed by atoms with Crippen molar-refractivity contribution in [1.82, 2.24) is 4.98 Å². The van der Waals surface area contributed by atoms with E-state index in [1.165, 1.54) is 0 Å². The summed E-state index contributed by atoms with van der Waals surface area (Å²) in [5.41, 5.74) is 2.00. The Bertz CT molecular complexity index is 562. The average molecular weight is 320 g/mol. The smallest absolute Gasteiger partial charge is 0.237 e. The minimum atomic E-state index is 0.0820. The van der Waals surface area contributed by atoms with Gasteiger partial charge in [-0.1, -0.05) is 20.8 Å². The first-order chi connectivity index (χ1) is 9.96. The zero-order valence-electron chi connectivity index (χ0n) is 12.6. The van der Waals surface area contributed by atoms with Crippen LogP contribution in [0, 0.1) is 0 Å². The minimum Gasteiger partial charge on any atom is -0.306 e. The Hall–Kier alpha value is -1.33. The Labute approximate surface area is 134 Å². The van der Waals surface area contributed by atoms with Crippen LogP contribution in [0.25, 0.3) is 0 Å². The van der Waals surface area contributed by atoms with E-state index in [1.54, 1.807) is 35.5 Å². The summed E-state index contributed by atoms with van der Waals surface area (Å²) in [4.78, 5) is 18.5. The van der Waals surface area contributed by atoms with E-state index >= 15 is 0 Å². The number of anilines is 1. The van der Waals surface area contributed by atoms with Crippen LogP contribution >= 0.6 is 23.1 Å². The highest BCUT2D eigenvalue weighted by molar-refractivity contribution is 8.01. The molecule has 0 saturated heterocycles. The summed E-state index contributed by atoms with van der Waals surface area (Å²) in [5, 5.41) is 4.11. The van der Waals surface area contributed by atoms with Crippen LogP contribution in [0.2, 0.25) is 0 Å². The lowest BCUT2D eigenvalue weighted by atomic mass is 10.2. The van der Waals surface area contributed by atoms with Gasteiger partial charge in [-0.2, -0.15) is 11.3 Å². The first-order valence-corrected chi connectivity index (χ1v) is 8.74. The third kappa shape index (κ3) is 5.17. The van der Waals surface area contributed by atoms with Crippen LogP contribution in [0.5, 0.6) is 0 Å². The molecule has 2 aromatic rings. The van der Waals surface area contributed by atoms with Crippen molar-refractivity contribution in [3.63, 3.8) is 0 Å². The van der Waals surface area contributed by atoms with Crippen molar-refractivity contribution in [3.05, 3.63) is 46.9 Å². The normalized spacial score (nSPS) is 11.4. The molecule has 2 heterocycles. The molecule has 0 aliphatic rings. The van der Waals surface area contributed by atoms with Crippen LogP contribution in [0.15, 0.2) is 41.4 Å². The van der Waals surface area contributed by atoms with Crippen LogP contribution in [0.1, 0.15) is 26.3 Å². The first kappa shape index (κ1) is 16.0. The lowest BCUT2D eigenvalue weighted by Crippen LogP contribution is -2.33. The molecule has 0 saturated carbocycles. The maximum absolute atomic E-state index is 12.6. The highest BCUT2D eigenvalue weighted by Gasteiger charge is 2.20. The van der Waals surface area contributed by atoms with Gasteiger partial charge in [-0.25, -0.2) is 0 Å². The third-order valence-electron chi connectivity index (χ3n) is 2.81. The highest BCUT2D eigenvalue weighted by Crippen LogP contribution is 2.25. The number of pyridine rings is 1. The molecule has 0 radical (unpaired) electrons. The van der Waals surface area contributed by atoms with E-state index in [2.05, 4.69) is 37.2 Å². The predicted molar refractivity (Wildman–Crippen MR) is 92.0 cm³/mol. The Balaban J connectivity index is 2.14. The predicted octanol–water partition coefficient (Wildman–Crippen LogP) is 4.21. The van der Waals surface area contributed by atoms with Gasteiger partial charge in [0.05, 0.1) is 24.2 Å². The van der Waals surface area contributed by atoms with E-state index in [0.717, 1.165) is 11.3 Å². The quantitative estimate of drug-likeness (QED) is 0.827. The number of amides is 1. The SMILES string of the molecule is CC(C)(C)SCC(=O)N(Cc1ccsc1)c1cccnc1. The van der Waals surface area contributed by atoms with Gasteiger partial charge in [-0.3, -0.25) is 9.78 Å². The maximum Gasteiger partial charge on any atom is 0.237 e. The maximum atomic E-state index is 12.6. The lowest BCUT2D eigenvalue weighted by Gasteiger charge is -2.24. The van der Waals surface area contributed by atoms with Gasteiger partial charge in [0, 0.05) is 10.9 Å². The van der Waals surface area contributed by atoms with E-state index in [-0.39, 0.29) is 10.7 Å². The molecule has 0 aliphatic heterocycles. The standard InChI is InChI=1S/C16H20N2OS2/c1-16(2,3)21-12-15(19)18(10-13-6-8-20-11-13)14-5-4-7-17-9-14/h4-9,11H,10,12H2,1-3H3. The fourth-order valence-corrected chi connectivity index (χ4v) is 3.13. The van der Waals surface area contributed by atoms with Crippen LogP contribution in [-0.2, 0) is 11.3 Å². The van der Waals surface area contributed by atoms with Gasteiger partial charge < -0.3 is 4.90 Å². The van der Waals surface area contributed by atoms with E-state index < -0.39 is 0 Å². The fraction of sp³-hybridized carbons (Fsp3) is 0.375. The molecular formula is C16H20N2OS2. The molecular weight excluding hydrogens is 300 g/mol.